The van der Waals surface area contributed by atoms with Crippen LogP contribution in [0.1, 0.15) is 72.2 Å². The number of hydrogen-bond acceptors (Lipinski definition) is 2. The molecule has 0 saturated heterocycles. The van der Waals surface area contributed by atoms with Crippen molar-refractivity contribution < 1.29 is 0 Å². The number of fused-ring (bicyclic) bond motifs is 15. The molecule has 9 aromatic carbocycles. The summed E-state index contributed by atoms with van der Waals surface area (Å²) < 4.78 is 0. The highest BCUT2D eigenvalue weighted by Gasteiger charge is 2.51. The van der Waals surface area contributed by atoms with Crippen molar-refractivity contribution in [1.29, 1.82) is 0 Å². The van der Waals surface area contributed by atoms with Crippen molar-refractivity contribution in [2.24, 2.45) is 0 Å². The first kappa shape index (κ1) is 36.8. The van der Waals surface area contributed by atoms with E-state index in [9.17, 15) is 0 Å². The van der Waals surface area contributed by atoms with E-state index in [1.165, 1.54) is 110 Å². The molecule has 0 N–H and O–H groups in total. The highest BCUT2D eigenvalue weighted by molar-refractivity contribution is 7.99. The molecule has 1 nitrogen and oxygen atoms in total. The Hall–Kier alpha value is -6.87. The molecule has 0 atom stereocenters. The standard InChI is InChI=1S/C61H45NS/c1-59(2)49-21-9-5-16-43(49)47-34-32-40(36-54(47)59)62(41-33-35-48-44-17-6-10-22-50(44)60(3,4)55(48)37-41)39-30-28-38(29-31-39)42-20-15-27-57-58(42)61(53-25-13-14-26-56(53)63-57)51-23-11-7-18-45(51)46-19-8-12-24-52(46)61/h5-37H,1-4H3. The second-order valence-corrected chi connectivity index (χ2v) is 19.9. The molecule has 0 unspecified atom stereocenters. The lowest BCUT2D eigenvalue weighted by Crippen LogP contribution is -2.32. The number of nitrogens with zero attached hydrogens (tertiary/aromatic N) is 1. The van der Waals surface area contributed by atoms with Crippen LogP contribution in [0, 0.1) is 0 Å². The number of rotatable bonds is 4. The predicted octanol–water partition coefficient (Wildman–Crippen LogP) is 16.3. The number of hydrogen-bond donors (Lipinski definition) is 0. The summed E-state index contributed by atoms with van der Waals surface area (Å²) in [4.78, 5) is 5.12. The van der Waals surface area contributed by atoms with Crippen LogP contribution in [-0.2, 0) is 16.2 Å². The third-order valence-corrected chi connectivity index (χ3v) is 16.1. The van der Waals surface area contributed by atoms with E-state index < -0.39 is 5.41 Å². The topological polar surface area (TPSA) is 3.24 Å². The van der Waals surface area contributed by atoms with Gasteiger partial charge in [-0.25, -0.2) is 0 Å². The Morgan fingerprint density at radius 3 is 1.25 bits per heavy atom. The lowest BCUT2D eigenvalue weighted by Gasteiger charge is -2.41. The number of benzene rings is 9. The van der Waals surface area contributed by atoms with Gasteiger partial charge in [0.25, 0.3) is 0 Å². The van der Waals surface area contributed by atoms with E-state index in [0.29, 0.717) is 0 Å². The Labute approximate surface area is 374 Å². The van der Waals surface area contributed by atoms with Crippen molar-refractivity contribution in [3.8, 4) is 44.5 Å². The van der Waals surface area contributed by atoms with Crippen molar-refractivity contribution in [1.82, 2.24) is 0 Å². The second kappa shape index (κ2) is 13.1. The van der Waals surface area contributed by atoms with Crippen molar-refractivity contribution in [2.45, 2.75) is 53.7 Å². The summed E-state index contributed by atoms with van der Waals surface area (Å²) in [5.74, 6) is 0. The first-order chi connectivity index (χ1) is 30.8. The summed E-state index contributed by atoms with van der Waals surface area (Å²) in [6, 6.07) is 75.8. The fourth-order valence-electron chi connectivity index (χ4n) is 12.1. The van der Waals surface area contributed by atoms with Crippen molar-refractivity contribution in [3.05, 3.63) is 245 Å². The van der Waals surface area contributed by atoms with E-state index in [4.69, 9.17) is 0 Å². The molecule has 0 radical (unpaired) electrons. The van der Waals surface area contributed by atoms with Crippen LogP contribution in [0.25, 0.3) is 44.5 Å². The molecule has 4 aliphatic rings. The van der Waals surface area contributed by atoms with Gasteiger partial charge in [0.1, 0.15) is 0 Å². The van der Waals surface area contributed by atoms with Gasteiger partial charge in [-0.2, -0.15) is 0 Å². The van der Waals surface area contributed by atoms with Gasteiger partial charge in [0, 0.05) is 37.7 Å². The van der Waals surface area contributed by atoms with Crippen LogP contribution in [-0.4, -0.2) is 0 Å². The maximum atomic E-state index is 2.49. The lowest BCUT2D eigenvalue weighted by atomic mass is 9.65. The Balaban J connectivity index is 0.996. The molecule has 3 aliphatic carbocycles. The number of anilines is 3. The molecule has 1 aliphatic heterocycles. The summed E-state index contributed by atoms with van der Waals surface area (Å²) in [6.45, 7) is 9.50. The normalized spacial score (nSPS) is 15.6. The molecule has 1 heterocycles. The van der Waals surface area contributed by atoms with E-state index in [2.05, 4.69) is 233 Å². The van der Waals surface area contributed by atoms with Crippen molar-refractivity contribution in [2.75, 3.05) is 4.90 Å². The smallest absolute Gasteiger partial charge is 0.0741 e. The van der Waals surface area contributed by atoms with Crippen LogP contribution < -0.4 is 4.90 Å². The Bertz CT molecular complexity index is 3230. The van der Waals surface area contributed by atoms with Gasteiger partial charge >= 0.3 is 0 Å². The summed E-state index contributed by atoms with van der Waals surface area (Å²) in [5, 5.41) is 0. The SMILES string of the molecule is CC1(C)c2ccccc2-c2ccc(N(c3ccc(-c4cccc5c4C4(c6ccccc6S5)c5ccccc5-c5ccccc54)cc3)c3ccc4c(c3)C(C)(C)c3ccccc3-4)cc21. The van der Waals surface area contributed by atoms with Gasteiger partial charge in [-0.05, 0) is 138 Å². The van der Waals surface area contributed by atoms with Crippen LogP contribution in [0.4, 0.5) is 17.1 Å². The van der Waals surface area contributed by atoms with E-state index in [-0.39, 0.29) is 10.8 Å². The second-order valence-electron chi connectivity index (χ2n) is 18.8. The molecule has 0 aromatic heterocycles. The zero-order chi connectivity index (χ0) is 42.2. The predicted molar refractivity (Wildman–Crippen MR) is 263 cm³/mol. The van der Waals surface area contributed by atoms with Crippen molar-refractivity contribution in [3.63, 3.8) is 0 Å². The first-order valence-electron chi connectivity index (χ1n) is 22.3. The lowest BCUT2D eigenvalue weighted by molar-refractivity contribution is 0.660. The van der Waals surface area contributed by atoms with Crippen LogP contribution in [0.15, 0.2) is 210 Å². The van der Waals surface area contributed by atoms with Gasteiger partial charge in [0.05, 0.1) is 5.41 Å². The van der Waals surface area contributed by atoms with E-state index >= 15 is 0 Å². The third kappa shape index (κ3) is 4.90. The van der Waals surface area contributed by atoms with Crippen LogP contribution in [0.2, 0.25) is 0 Å². The molecule has 63 heavy (non-hydrogen) atoms. The average molecular weight is 824 g/mol. The Morgan fingerprint density at radius 2 is 0.714 bits per heavy atom. The van der Waals surface area contributed by atoms with Gasteiger partial charge in [0.2, 0.25) is 0 Å². The van der Waals surface area contributed by atoms with Crippen LogP contribution in [0.3, 0.4) is 0 Å². The highest BCUT2D eigenvalue weighted by atomic mass is 32.2. The minimum Gasteiger partial charge on any atom is -0.310 e. The van der Waals surface area contributed by atoms with Gasteiger partial charge in [-0.1, -0.05) is 191 Å². The van der Waals surface area contributed by atoms with E-state index in [1.54, 1.807) is 0 Å². The fourth-order valence-corrected chi connectivity index (χ4v) is 13.3. The molecular weight excluding hydrogens is 779 g/mol. The van der Waals surface area contributed by atoms with Crippen LogP contribution in [0.5, 0.6) is 0 Å². The van der Waals surface area contributed by atoms with Gasteiger partial charge in [0.15, 0.2) is 0 Å². The summed E-state index contributed by atoms with van der Waals surface area (Å²) in [7, 11) is 0. The van der Waals surface area contributed by atoms with Gasteiger partial charge in [-0.15, -0.1) is 0 Å². The van der Waals surface area contributed by atoms with Crippen LogP contribution >= 0.6 is 11.8 Å². The molecule has 1 spiro atoms. The summed E-state index contributed by atoms with van der Waals surface area (Å²) >= 11 is 1.91. The minimum absolute atomic E-state index is 0.116. The first-order valence-corrected chi connectivity index (χ1v) is 23.1. The van der Waals surface area contributed by atoms with E-state index in [1.807, 2.05) is 11.8 Å². The highest BCUT2D eigenvalue weighted by Crippen LogP contribution is 2.64. The van der Waals surface area contributed by atoms with E-state index in [0.717, 1.165) is 5.69 Å². The molecule has 0 bridgehead atoms. The molecule has 0 amide bonds. The fraction of sp³-hybridized carbons (Fsp3) is 0.115. The van der Waals surface area contributed by atoms with Gasteiger partial charge in [-0.3, -0.25) is 0 Å². The molecule has 0 fully saturated rings. The summed E-state index contributed by atoms with van der Waals surface area (Å²) in [6.07, 6.45) is 0. The maximum Gasteiger partial charge on any atom is 0.0741 e. The Morgan fingerprint density at radius 1 is 0.317 bits per heavy atom. The maximum absolute atomic E-state index is 2.49. The monoisotopic (exact) mass is 823 g/mol. The van der Waals surface area contributed by atoms with Crippen molar-refractivity contribution >= 4 is 28.8 Å². The zero-order valence-electron chi connectivity index (χ0n) is 35.9. The molecule has 9 aromatic rings. The molecule has 300 valence electrons. The molecule has 2 heteroatoms. The average Bonchev–Trinajstić information content (AvgIpc) is 3.84. The third-order valence-electron chi connectivity index (χ3n) is 15.0. The quantitative estimate of drug-likeness (QED) is 0.174. The molecule has 0 saturated carbocycles. The van der Waals surface area contributed by atoms with Gasteiger partial charge < -0.3 is 4.90 Å². The molecular formula is C61H45NS. The zero-order valence-corrected chi connectivity index (χ0v) is 36.7. The molecule has 13 rings (SSSR count). The Kier molecular flexibility index (Phi) is 7.63. The minimum atomic E-state index is -0.449. The largest absolute Gasteiger partial charge is 0.310 e. The summed E-state index contributed by atoms with van der Waals surface area (Å²) in [5.41, 5.74) is 24.2.